The van der Waals surface area contributed by atoms with E-state index in [0.717, 1.165) is 22.4 Å². The summed E-state index contributed by atoms with van der Waals surface area (Å²) in [6.07, 6.45) is 4.53. The maximum atomic E-state index is 15.9. The molecule has 0 saturated carbocycles. The molecule has 0 aliphatic carbocycles. The number of piperazine rings is 1. The van der Waals surface area contributed by atoms with Crippen LogP contribution in [0.25, 0.3) is 11.1 Å². The molecule has 2 aromatic heterocycles. The molecule has 3 aliphatic heterocycles. The Hall–Kier alpha value is -4.56. The number of carbonyl (C=O) groups excluding carboxylic acids is 2. The maximum Gasteiger partial charge on any atom is 0.275 e. The number of likely N-dealkylation sites (tertiary alicyclic amines) is 1. The number of nitrogens with one attached hydrogen (secondary N) is 2. The second-order valence-corrected chi connectivity index (χ2v) is 13.4. The van der Waals surface area contributed by atoms with E-state index in [1.807, 2.05) is 30.0 Å². The molecule has 6 rings (SSSR count). The van der Waals surface area contributed by atoms with Gasteiger partial charge in [0.15, 0.2) is 0 Å². The number of imide groups is 1. The Morgan fingerprint density at radius 1 is 0.980 bits per heavy atom. The smallest absolute Gasteiger partial charge is 0.275 e. The van der Waals surface area contributed by atoms with E-state index < -0.39 is 18.0 Å². The molecule has 2 amide bonds. The summed E-state index contributed by atoms with van der Waals surface area (Å²) in [5, 5.41) is 5.40. The third kappa shape index (κ3) is 7.17. The Kier molecular flexibility index (Phi) is 10.1. The zero-order valence-electron chi connectivity index (χ0n) is 29.2. The minimum Gasteiger partial charge on any atom is -0.496 e. The van der Waals surface area contributed by atoms with Crippen molar-refractivity contribution in [3.8, 4) is 22.6 Å². The van der Waals surface area contributed by atoms with Crippen LogP contribution in [-0.2, 0) is 23.2 Å². The van der Waals surface area contributed by atoms with Crippen molar-refractivity contribution in [2.75, 3.05) is 63.7 Å². The molecule has 3 fully saturated rings. The number of carbonyl (C=O) groups is 2. The molecule has 14 heteroatoms. The number of pyridine rings is 2. The molecule has 2 atom stereocenters. The van der Waals surface area contributed by atoms with E-state index in [1.54, 1.807) is 56.1 Å². The lowest BCUT2D eigenvalue weighted by Gasteiger charge is -2.46. The highest BCUT2D eigenvalue weighted by Gasteiger charge is 2.48. The molecule has 0 bridgehead atoms. The molecular weight excluding hydrogens is 648 g/mol. The van der Waals surface area contributed by atoms with Gasteiger partial charge in [-0.15, -0.1) is 0 Å². The fourth-order valence-corrected chi connectivity index (χ4v) is 7.33. The van der Waals surface area contributed by atoms with Crippen LogP contribution in [0.5, 0.6) is 11.5 Å². The normalized spacial score (nSPS) is 21.5. The van der Waals surface area contributed by atoms with Crippen LogP contribution in [-0.4, -0.2) is 103 Å². The highest BCUT2D eigenvalue weighted by Crippen LogP contribution is 2.39. The average molecular weight is 694 g/mol. The monoisotopic (exact) mass is 693 g/mol. The average Bonchev–Trinajstić information content (AvgIpc) is 3.10. The molecular formula is C36H45F2N7O5. The van der Waals surface area contributed by atoms with Crippen molar-refractivity contribution in [1.29, 1.82) is 0 Å². The first kappa shape index (κ1) is 35.3. The summed E-state index contributed by atoms with van der Waals surface area (Å²) in [6.45, 7) is 6.26. The standard InChI is InChI=1S/C36H45F2N7O5/c1-22-23(2)35(48)42(3)19-26(22)24-16-29(49-4)27(30(17-24)50-5)20-43-11-10-31(36(37,38)21-43)45-14-12-44(13-15-45)25-6-8-32(39-18-25)40-28-7-9-33(46)41-34(28)47/h6,8,16-19,28,31H,7,9-15,20-21H2,1-5H3,(H,39,40)(H,41,46,47). The Balaban J connectivity index is 1.07. The molecule has 1 aromatic carbocycles. The van der Waals surface area contributed by atoms with Gasteiger partial charge in [0, 0.05) is 70.1 Å². The largest absolute Gasteiger partial charge is 0.496 e. The Bertz CT molecular complexity index is 1780. The van der Waals surface area contributed by atoms with E-state index in [0.29, 0.717) is 74.0 Å². The molecule has 50 heavy (non-hydrogen) atoms. The number of anilines is 2. The highest BCUT2D eigenvalue weighted by molar-refractivity contribution is 6.01. The molecule has 268 valence electrons. The van der Waals surface area contributed by atoms with E-state index in [-0.39, 0.29) is 36.9 Å². The lowest BCUT2D eigenvalue weighted by atomic mass is 9.95. The molecule has 12 nitrogen and oxygen atoms in total. The topological polar surface area (TPSA) is 121 Å². The molecule has 5 heterocycles. The van der Waals surface area contributed by atoms with E-state index in [2.05, 4.69) is 20.5 Å². The summed E-state index contributed by atoms with van der Waals surface area (Å²) in [7, 11) is 4.84. The van der Waals surface area contributed by atoms with E-state index in [4.69, 9.17) is 9.47 Å². The number of ether oxygens (including phenoxy) is 2. The summed E-state index contributed by atoms with van der Waals surface area (Å²) in [4.78, 5) is 46.2. The van der Waals surface area contributed by atoms with Gasteiger partial charge < -0.3 is 24.3 Å². The van der Waals surface area contributed by atoms with Crippen molar-refractivity contribution < 1.29 is 27.8 Å². The molecule has 2 N–H and O–H groups in total. The van der Waals surface area contributed by atoms with E-state index in [1.165, 1.54) is 0 Å². The fourth-order valence-electron chi connectivity index (χ4n) is 7.33. The van der Waals surface area contributed by atoms with Gasteiger partial charge in [-0.1, -0.05) is 0 Å². The molecule has 2 unspecified atom stereocenters. The highest BCUT2D eigenvalue weighted by atomic mass is 19.3. The number of piperidine rings is 2. The lowest BCUT2D eigenvalue weighted by molar-refractivity contribution is -0.133. The summed E-state index contributed by atoms with van der Waals surface area (Å²) in [6, 6.07) is 6.09. The van der Waals surface area contributed by atoms with Gasteiger partial charge in [0.2, 0.25) is 11.8 Å². The van der Waals surface area contributed by atoms with E-state index in [9.17, 15) is 14.4 Å². The van der Waals surface area contributed by atoms with Gasteiger partial charge in [-0.05, 0) is 62.1 Å². The number of hydrogen-bond acceptors (Lipinski definition) is 10. The van der Waals surface area contributed by atoms with Gasteiger partial charge in [0.1, 0.15) is 23.4 Å². The Morgan fingerprint density at radius 2 is 1.68 bits per heavy atom. The van der Waals surface area contributed by atoms with Crippen LogP contribution < -0.4 is 30.6 Å². The zero-order valence-corrected chi connectivity index (χ0v) is 29.2. The lowest BCUT2D eigenvalue weighted by Crippen LogP contribution is -2.61. The Labute approximate surface area is 290 Å². The van der Waals surface area contributed by atoms with Crippen LogP contribution >= 0.6 is 0 Å². The number of nitrogens with zero attached hydrogens (tertiary/aromatic N) is 5. The quantitative estimate of drug-likeness (QED) is 0.323. The van der Waals surface area contributed by atoms with Gasteiger partial charge in [0.25, 0.3) is 11.5 Å². The third-order valence-corrected chi connectivity index (χ3v) is 10.3. The van der Waals surface area contributed by atoms with Crippen molar-refractivity contribution in [3.63, 3.8) is 0 Å². The molecule has 0 radical (unpaired) electrons. The first-order valence-electron chi connectivity index (χ1n) is 17.0. The molecule has 3 aromatic rings. The van der Waals surface area contributed by atoms with Gasteiger partial charge >= 0.3 is 0 Å². The van der Waals surface area contributed by atoms with Gasteiger partial charge in [-0.3, -0.25) is 29.5 Å². The van der Waals surface area contributed by atoms with E-state index >= 15 is 8.78 Å². The Morgan fingerprint density at radius 3 is 2.28 bits per heavy atom. The number of aryl methyl sites for hydroxylation is 1. The van der Waals surface area contributed by atoms with Crippen LogP contribution in [0, 0.1) is 13.8 Å². The first-order chi connectivity index (χ1) is 23.9. The van der Waals surface area contributed by atoms with Crippen LogP contribution in [0.3, 0.4) is 0 Å². The van der Waals surface area contributed by atoms with Crippen LogP contribution in [0.1, 0.15) is 36.0 Å². The van der Waals surface area contributed by atoms with Crippen molar-refractivity contribution in [2.45, 2.75) is 57.7 Å². The SMILES string of the molecule is COc1cc(-c2cn(C)c(=O)c(C)c2C)cc(OC)c1CN1CCC(N2CCN(c3ccc(NC4CCC(=O)NC4=O)nc3)CC2)C(F)(F)C1. The van der Waals surface area contributed by atoms with Crippen LogP contribution in [0.2, 0.25) is 0 Å². The van der Waals surface area contributed by atoms with Crippen molar-refractivity contribution in [2.24, 2.45) is 7.05 Å². The van der Waals surface area contributed by atoms with Crippen LogP contribution in [0.15, 0.2) is 41.5 Å². The maximum absolute atomic E-state index is 15.9. The van der Waals surface area contributed by atoms with Crippen LogP contribution in [0.4, 0.5) is 20.3 Å². The first-order valence-corrected chi connectivity index (χ1v) is 17.0. The number of halogens is 2. The number of rotatable bonds is 9. The summed E-state index contributed by atoms with van der Waals surface area (Å²) >= 11 is 0. The number of alkyl halides is 2. The predicted molar refractivity (Wildman–Crippen MR) is 186 cm³/mol. The number of amides is 2. The molecule has 0 spiro atoms. The summed E-state index contributed by atoms with van der Waals surface area (Å²) in [5.41, 5.74) is 4.74. The van der Waals surface area contributed by atoms with Crippen molar-refractivity contribution >= 4 is 23.3 Å². The number of benzene rings is 1. The van der Waals surface area contributed by atoms with Gasteiger partial charge in [0.05, 0.1) is 44.3 Å². The summed E-state index contributed by atoms with van der Waals surface area (Å²) in [5.74, 6) is -1.93. The second-order valence-electron chi connectivity index (χ2n) is 13.4. The van der Waals surface area contributed by atoms with Gasteiger partial charge in [-0.2, -0.15) is 0 Å². The minimum absolute atomic E-state index is 0.0572. The zero-order chi connectivity index (χ0) is 35.7. The number of hydrogen-bond donors (Lipinski definition) is 2. The van der Waals surface area contributed by atoms with Crippen molar-refractivity contribution in [1.82, 2.24) is 24.7 Å². The van der Waals surface area contributed by atoms with Crippen molar-refractivity contribution in [3.05, 3.63) is 63.7 Å². The third-order valence-electron chi connectivity index (χ3n) is 10.3. The molecule has 3 saturated heterocycles. The number of methoxy groups -OCH3 is 2. The minimum atomic E-state index is -2.92. The van der Waals surface area contributed by atoms with Gasteiger partial charge in [-0.25, -0.2) is 13.8 Å². The summed E-state index contributed by atoms with van der Waals surface area (Å²) < 4.78 is 44.8. The molecule has 3 aliphatic rings. The number of aromatic nitrogens is 2. The fraction of sp³-hybridized carbons (Fsp3) is 0.500. The second kappa shape index (κ2) is 14.4. The predicted octanol–water partition coefficient (Wildman–Crippen LogP) is 3.33.